The highest BCUT2D eigenvalue weighted by Crippen LogP contribution is 2.63. The molecular formula is C46H73N5O5S. The molecule has 4 amide bonds. The molecule has 14 atom stereocenters. The number of carbonyl (C=O) groups excluding carboxylic acids is 3. The minimum atomic E-state index is -0.158. The molecule has 10 nitrogen and oxygen atoms in total. The number of unbranched alkanes of at least 4 members (excludes halogenated alkanes) is 3. The first-order valence-electron chi connectivity index (χ1n) is 23.2. The Labute approximate surface area is 346 Å². The van der Waals surface area contributed by atoms with Gasteiger partial charge in [0.25, 0.3) is 0 Å². The van der Waals surface area contributed by atoms with Crippen LogP contribution in [0.1, 0.15) is 130 Å². The number of amides is 4. The van der Waals surface area contributed by atoms with E-state index >= 15 is 0 Å². The summed E-state index contributed by atoms with van der Waals surface area (Å²) in [5.74, 6) is 4.88. The molecule has 4 heterocycles. The maximum Gasteiger partial charge on any atom is 0.315 e. The van der Waals surface area contributed by atoms with Crippen LogP contribution in [0.15, 0.2) is 22.8 Å². The van der Waals surface area contributed by atoms with Crippen LogP contribution in [0.5, 0.6) is 0 Å². The summed E-state index contributed by atoms with van der Waals surface area (Å²) in [6, 6.07) is 0.814. The van der Waals surface area contributed by atoms with Gasteiger partial charge in [-0.15, -0.1) is 0 Å². The van der Waals surface area contributed by atoms with E-state index in [2.05, 4.69) is 59.9 Å². The summed E-state index contributed by atoms with van der Waals surface area (Å²) in [6.45, 7) is 13.1. The average molecular weight is 808 g/mol. The van der Waals surface area contributed by atoms with Crippen molar-refractivity contribution in [2.75, 3.05) is 31.9 Å². The number of hydrogen-bond donors (Lipinski definition) is 5. The zero-order valence-corrected chi connectivity index (χ0v) is 36.2. The Balaban J connectivity index is 0.753. The predicted octanol–water partition coefficient (Wildman–Crippen LogP) is 6.48. The van der Waals surface area contributed by atoms with Gasteiger partial charge in [0.05, 0.1) is 30.4 Å². The summed E-state index contributed by atoms with van der Waals surface area (Å²) >= 11 is 1.92. The number of urea groups is 1. The summed E-state index contributed by atoms with van der Waals surface area (Å²) in [5.41, 5.74) is 5.20. The first kappa shape index (κ1) is 41.6. The van der Waals surface area contributed by atoms with Gasteiger partial charge in [0.2, 0.25) is 11.8 Å². The van der Waals surface area contributed by atoms with E-state index in [1.807, 2.05) is 11.8 Å². The van der Waals surface area contributed by atoms with Gasteiger partial charge in [0.15, 0.2) is 0 Å². The van der Waals surface area contributed by atoms with E-state index in [1.165, 1.54) is 19.3 Å². The van der Waals surface area contributed by atoms with Gasteiger partial charge in [0.1, 0.15) is 0 Å². The first-order chi connectivity index (χ1) is 27.5. The number of thioether (sulfide) groups is 1. The number of allylic oxidation sites excluding steroid dienone is 2. The number of ether oxygens (including phenoxy) is 1. The maximum absolute atomic E-state index is 12.9. The fourth-order valence-corrected chi connectivity index (χ4v) is 15.1. The van der Waals surface area contributed by atoms with Crippen LogP contribution in [0.3, 0.4) is 0 Å². The van der Waals surface area contributed by atoms with Crippen molar-refractivity contribution in [1.29, 1.82) is 0 Å². The third-order valence-electron chi connectivity index (χ3n) is 16.4. The number of nitrogens with one attached hydrogen (secondary N) is 4. The van der Waals surface area contributed by atoms with E-state index in [-0.39, 0.29) is 47.6 Å². The predicted molar refractivity (Wildman–Crippen MR) is 227 cm³/mol. The van der Waals surface area contributed by atoms with E-state index < -0.39 is 0 Å². The second-order valence-electron chi connectivity index (χ2n) is 19.9. The fourth-order valence-electron chi connectivity index (χ4n) is 13.5. The topological polar surface area (TPSA) is 132 Å². The molecule has 0 radical (unpaired) electrons. The Kier molecular flexibility index (Phi) is 13.1. The van der Waals surface area contributed by atoms with Crippen LogP contribution in [0.2, 0.25) is 0 Å². The molecule has 0 bridgehead atoms. The Morgan fingerprint density at radius 2 is 1.79 bits per heavy atom. The zero-order chi connectivity index (χ0) is 39.8. The minimum Gasteiger partial charge on any atom is -0.393 e. The van der Waals surface area contributed by atoms with Crippen LogP contribution in [-0.4, -0.2) is 101 Å². The molecule has 4 aliphatic heterocycles. The molecule has 0 aromatic heterocycles. The van der Waals surface area contributed by atoms with Crippen molar-refractivity contribution in [3.63, 3.8) is 0 Å². The van der Waals surface area contributed by atoms with Crippen LogP contribution in [0.4, 0.5) is 4.79 Å². The minimum absolute atomic E-state index is 0.0469. The summed E-state index contributed by atoms with van der Waals surface area (Å²) in [6.07, 6.45) is 18.5. The SMILES string of the molecule is CC1=C2C[C@H]3[C@@H](CC=C4C[C@@H](O)CC[C@@]43C)[C@@H]2CC[C@@H]2O[C@@H]3C[C@H](C)CN(CCNC(=O)CCCCCNC(=O)CCCCC4SC[C@@H]5NC(=O)N[C@H]45)[C@H]3[C@@H](C)C12. The lowest BCUT2D eigenvalue weighted by Crippen LogP contribution is -2.62. The molecule has 6 fully saturated rings. The molecule has 8 aliphatic rings. The number of piperidine rings is 1. The van der Waals surface area contributed by atoms with Crippen LogP contribution in [0.25, 0.3) is 0 Å². The van der Waals surface area contributed by atoms with Gasteiger partial charge in [-0.1, -0.05) is 56.4 Å². The number of carbonyl (C=O) groups is 3. The van der Waals surface area contributed by atoms with Gasteiger partial charge in [0, 0.05) is 62.0 Å². The normalized spacial score (nSPS) is 41.0. The fraction of sp³-hybridized carbons (Fsp3) is 0.848. The van der Waals surface area contributed by atoms with Crippen molar-refractivity contribution in [2.45, 2.75) is 172 Å². The van der Waals surface area contributed by atoms with E-state index in [0.717, 1.165) is 95.4 Å². The first-order valence-corrected chi connectivity index (χ1v) is 24.2. The van der Waals surface area contributed by atoms with Gasteiger partial charge in [-0.2, -0.15) is 11.8 Å². The number of aliphatic hydroxyl groups excluding tert-OH is 1. The van der Waals surface area contributed by atoms with Crippen LogP contribution in [-0.2, 0) is 14.3 Å². The van der Waals surface area contributed by atoms with Crippen molar-refractivity contribution in [3.8, 4) is 0 Å². The van der Waals surface area contributed by atoms with Crippen molar-refractivity contribution in [1.82, 2.24) is 26.2 Å². The van der Waals surface area contributed by atoms with E-state index in [1.54, 1.807) is 16.7 Å². The molecular weight excluding hydrogens is 735 g/mol. The summed E-state index contributed by atoms with van der Waals surface area (Å²) in [7, 11) is 0. The number of hydrogen-bond acceptors (Lipinski definition) is 7. The molecule has 4 aliphatic carbocycles. The van der Waals surface area contributed by atoms with Crippen LogP contribution < -0.4 is 21.3 Å². The molecule has 2 unspecified atom stereocenters. The molecule has 57 heavy (non-hydrogen) atoms. The Hall–Kier alpha value is -2.08. The third kappa shape index (κ3) is 8.75. The van der Waals surface area contributed by atoms with E-state index in [0.29, 0.717) is 72.9 Å². The lowest BCUT2D eigenvalue weighted by molar-refractivity contribution is -0.170. The number of likely N-dealkylation sites (tertiary alicyclic amines) is 1. The number of fused-ring (bicyclic) bond motifs is 8. The molecule has 2 saturated carbocycles. The number of rotatable bonds is 14. The van der Waals surface area contributed by atoms with Crippen molar-refractivity contribution in [2.24, 2.45) is 40.9 Å². The van der Waals surface area contributed by atoms with E-state index in [9.17, 15) is 19.5 Å². The Morgan fingerprint density at radius 1 is 1.00 bits per heavy atom. The summed E-state index contributed by atoms with van der Waals surface area (Å²) in [4.78, 5) is 39.5. The van der Waals surface area contributed by atoms with Crippen LogP contribution >= 0.6 is 11.8 Å². The lowest BCUT2D eigenvalue weighted by atomic mass is 9.56. The molecule has 0 aromatic rings. The Bertz CT molecular complexity index is 1550. The third-order valence-corrected chi connectivity index (χ3v) is 17.9. The summed E-state index contributed by atoms with van der Waals surface area (Å²) in [5, 5.41) is 23.3. The van der Waals surface area contributed by atoms with E-state index in [4.69, 9.17) is 4.74 Å². The monoisotopic (exact) mass is 808 g/mol. The lowest BCUT2D eigenvalue weighted by Gasteiger charge is -2.54. The highest BCUT2D eigenvalue weighted by molar-refractivity contribution is 8.00. The second-order valence-corrected chi connectivity index (χ2v) is 21.2. The zero-order valence-electron chi connectivity index (χ0n) is 35.4. The van der Waals surface area contributed by atoms with Crippen molar-refractivity contribution < 1.29 is 24.2 Å². The molecule has 11 heteroatoms. The quantitative estimate of drug-likeness (QED) is 0.0772. The molecule has 5 N–H and O–H groups in total. The Morgan fingerprint density at radius 3 is 2.61 bits per heavy atom. The van der Waals surface area contributed by atoms with Crippen molar-refractivity contribution >= 4 is 29.6 Å². The highest BCUT2D eigenvalue weighted by Gasteiger charge is 2.56. The van der Waals surface area contributed by atoms with Gasteiger partial charge >= 0.3 is 6.03 Å². The van der Waals surface area contributed by atoms with Crippen LogP contribution in [0, 0.1) is 40.9 Å². The number of nitrogens with zero attached hydrogens (tertiary/aromatic N) is 1. The van der Waals surface area contributed by atoms with Gasteiger partial charge in [-0.3, -0.25) is 14.5 Å². The largest absolute Gasteiger partial charge is 0.393 e. The van der Waals surface area contributed by atoms with Gasteiger partial charge in [-0.05, 0) is 119 Å². The summed E-state index contributed by atoms with van der Waals surface area (Å²) < 4.78 is 7.18. The maximum atomic E-state index is 12.9. The van der Waals surface area contributed by atoms with Gasteiger partial charge < -0.3 is 31.1 Å². The van der Waals surface area contributed by atoms with Gasteiger partial charge in [-0.25, -0.2) is 4.79 Å². The number of aliphatic hydroxyl groups is 1. The molecule has 8 rings (SSSR count). The highest BCUT2D eigenvalue weighted by atomic mass is 32.2. The average Bonchev–Trinajstić information content (AvgIpc) is 3.83. The second kappa shape index (κ2) is 17.9. The standard InChI is InChI=1S/C46H73N5O5S/c1-27-22-38-44(29(3)42-28(2)34-24-35-33(32(34)15-16-37(42)56-38)14-13-30-23-31(52)17-18-46(30,35)4)51(25-27)21-20-48-41(54)11-6-5-9-19-47-40(53)12-8-7-10-39-43-36(26-57-39)49-45(55)50-43/h13,27,29,31-33,35-39,42-44,52H,5-12,14-26H2,1-4H3,(H,47,53)(H,48,54)(H2,49,50,55)/t27-,29-,31-,32-,33-,35-,36-,37-,38+,39?,42?,43-,44-,46-/m0/s1. The molecule has 0 aromatic carbocycles. The van der Waals surface area contributed by atoms with Crippen molar-refractivity contribution in [3.05, 3.63) is 22.8 Å². The smallest absolute Gasteiger partial charge is 0.315 e. The molecule has 0 spiro atoms. The molecule has 318 valence electrons. The molecule has 4 saturated heterocycles.